The van der Waals surface area contributed by atoms with Gasteiger partial charge in [0.05, 0.1) is 16.3 Å². The molecule has 0 radical (unpaired) electrons. The summed E-state index contributed by atoms with van der Waals surface area (Å²) in [7, 11) is 0. The molecule has 1 aromatic carbocycles. The fourth-order valence-electron chi connectivity index (χ4n) is 2.67. The van der Waals surface area contributed by atoms with E-state index in [1.807, 2.05) is 6.07 Å². The largest absolute Gasteiger partial charge is 0.506 e. The van der Waals surface area contributed by atoms with E-state index in [2.05, 4.69) is 14.9 Å². The molecule has 0 saturated heterocycles. The lowest BCUT2D eigenvalue weighted by Crippen LogP contribution is -2.35. The van der Waals surface area contributed by atoms with Crippen LogP contribution in [0.15, 0.2) is 23.0 Å². The molecule has 0 bridgehead atoms. The Bertz CT molecular complexity index is 742. The highest BCUT2D eigenvalue weighted by molar-refractivity contribution is 6.32. The molecule has 3 rings (SSSR count). The van der Waals surface area contributed by atoms with Crippen molar-refractivity contribution in [2.75, 3.05) is 6.54 Å². The third-order valence-corrected chi connectivity index (χ3v) is 4.15. The molecular formula is C15H16ClN3O2. The zero-order valence-corrected chi connectivity index (χ0v) is 12.4. The van der Waals surface area contributed by atoms with Gasteiger partial charge in [0.25, 0.3) is 5.56 Å². The van der Waals surface area contributed by atoms with E-state index in [0.717, 1.165) is 29.8 Å². The number of aromatic nitrogens is 2. The summed E-state index contributed by atoms with van der Waals surface area (Å²) in [6.45, 7) is 3.75. The fourth-order valence-corrected chi connectivity index (χ4v) is 2.86. The number of aryl methyl sites for hydroxylation is 1. The van der Waals surface area contributed by atoms with E-state index < -0.39 is 0 Å². The maximum absolute atomic E-state index is 12.0. The first-order valence-corrected chi connectivity index (χ1v) is 7.20. The molecule has 2 heterocycles. The van der Waals surface area contributed by atoms with Crippen LogP contribution in [-0.4, -0.2) is 26.5 Å². The summed E-state index contributed by atoms with van der Waals surface area (Å²) < 4.78 is 0. The number of H-pyrrole nitrogens is 1. The molecule has 5 nitrogen and oxygen atoms in total. The van der Waals surface area contributed by atoms with Gasteiger partial charge in [0.2, 0.25) is 0 Å². The average Bonchev–Trinajstić information content (AvgIpc) is 2.44. The Morgan fingerprint density at radius 1 is 1.48 bits per heavy atom. The minimum absolute atomic E-state index is 0.0656. The molecule has 0 amide bonds. The Balaban J connectivity index is 1.84. The van der Waals surface area contributed by atoms with Gasteiger partial charge in [-0.1, -0.05) is 23.7 Å². The second-order valence-corrected chi connectivity index (χ2v) is 5.67. The lowest BCUT2D eigenvalue weighted by Gasteiger charge is -2.27. The number of hydrogen-bond acceptors (Lipinski definition) is 4. The van der Waals surface area contributed by atoms with E-state index in [0.29, 0.717) is 23.9 Å². The SMILES string of the molecule is Cc1nc2c(c(=O)[nH]1)CN(Cc1cccc(O)c1Cl)CC2. The third-order valence-electron chi connectivity index (χ3n) is 3.72. The van der Waals surface area contributed by atoms with Crippen LogP contribution in [0.25, 0.3) is 0 Å². The number of phenolic OH excluding ortho intramolecular Hbond substituents is 1. The second kappa shape index (κ2) is 5.50. The summed E-state index contributed by atoms with van der Waals surface area (Å²) in [6, 6.07) is 5.22. The minimum Gasteiger partial charge on any atom is -0.506 e. The molecule has 0 saturated carbocycles. The van der Waals surface area contributed by atoms with Crippen molar-refractivity contribution in [2.24, 2.45) is 0 Å². The van der Waals surface area contributed by atoms with E-state index in [4.69, 9.17) is 11.6 Å². The van der Waals surface area contributed by atoms with Crippen LogP contribution in [0.2, 0.25) is 5.02 Å². The van der Waals surface area contributed by atoms with Crippen molar-refractivity contribution in [2.45, 2.75) is 26.4 Å². The number of aromatic hydroxyl groups is 1. The number of nitrogens with one attached hydrogen (secondary N) is 1. The summed E-state index contributed by atoms with van der Waals surface area (Å²) in [5.41, 5.74) is 2.40. The minimum atomic E-state index is -0.0656. The van der Waals surface area contributed by atoms with Gasteiger partial charge in [-0.25, -0.2) is 4.98 Å². The molecule has 0 unspecified atom stereocenters. The van der Waals surface area contributed by atoms with E-state index in [-0.39, 0.29) is 11.3 Å². The first-order valence-electron chi connectivity index (χ1n) is 6.82. The highest BCUT2D eigenvalue weighted by Gasteiger charge is 2.21. The first kappa shape index (κ1) is 14.1. The normalized spacial score (nSPS) is 15.0. The van der Waals surface area contributed by atoms with Crippen molar-refractivity contribution < 1.29 is 5.11 Å². The standard InChI is InChI=1S/C15H16ClN3O2/c1-9-17-12-5-6-19(8-11(12)15(21)18-9)7-10-3-2-4-13(20)14(10)16/h2-4,20H,5-8H2,1H3,(H,17,18,21). The predicted octanol–water partition coefficient (Wildman–Crippen LogP) is 2.00. The Morgan fingerprint density at radius 3 is 3.10 bits per heavy atom. The highest BCUT2D eigenvalue weighted by Crippen LogP contribution is 2.28. The molecule has 110 valence electrons. The average molecular weight is 306 g/mol. The first-order chi connectivity index (χ1) is 10.0. The maximum Gasteiger partial charge on any atom is 0.255 e. The summed E-state index contributed by atoms with van der Waals surface area (Å²) in [5.74, 6) is 0.741. The molecule has 2 aromatic rings. The second-order valence-electron chi connectivity index (χ2n) is 5.29. The third kappa shape index (κ3) is 2.80. The Hall–Kier alpha value is -1.85. The van der Waals surface area contributed by atoms with Crippen molar-refractivity contribution in [3.63, 3.8) is 0 Å². The molecule has 2 N–H and O–H groups in total. The number of rotatable bonds is 2. The van der Waals surface area contributed by atoms with Crippen LogP contribution in [0.1, 0.15) is 22.6 Å². The van der Waals surface area contributed by atoms with Crippen LogP contribution >= 0.6 is 11.6 Å². The monoisotopic (exact) mass is 305 g/mol. The Morgan fingerprint density at radius 2 is 2.29 bits per heavy atom. The molecule has 0 aliphatic carbocycles. The fraction of sp³-hybridized carbons (Fsp3) is 0.333. The van der Waals surface area contributed by atoms with Crippen molar-refractivity contribution in [3.05, 3.63) is 56.2 Å². The van der Waals surface area contributed by atoms with Crippen LogP contribution in [0.3, 0.4) is 0 Å². The zero-order chi connectivity index (χ0) is 15.0. The van der Waals surface area contributed by atoms with Crippen molar-refractivity contribution in [1.82, 2.24) is 14.9 Å². The number of fused-ring (bicyclic) bond motifs is 1. The van der Waals surface area contributed by atoms with E-state index in [1.54, 1.807) is 19.1 Å². The Kier molecular flexibility index (Phi) is 3.69. The molecule has 0 spiro atoms. The molecular weight excluding hydrogens is 290 g/mol. The molecule has 1 aromatic heterocycles. The van der Waals surface area contributed by atoms with Gasteiger partial charge >= 0.3 is 0 Å². The number of phenols is 1. The van der Waals surface area contributed by atoms with Gasteiger partial charge in [0, 0.05) is 26.1 Å². The molecule has 1 aliphatic heterocycles. The van der Waals surface area contributed by atoms with Crippen LogP contribution in [-0.2, 0) is 19.5 Å². The summed E-state index contributed by atoms with van der Waals surface area (Å²) >= 11 is 6.11. The zero-order valence-electron chi connectivity index (χ0n) is 11.7. The summed E-state index contributed by atoms with van der Waals surface area (Å²) in [5, 5.41) is 10.0. The number of aromatic amines is 1. The van der Waals surface area contributed by atoms with Crippen LogP contribution in [0.5, 0.6) is 5.75 Å². The topological polar surface area (TPSA) is 69.2 Å². The van der Waals surface area contributed by atoms with Gasteiger partial charge in [-0.15, -0.1) is 0 Å². The molecule has 0 atom stereocenters. The summed E-state index contributed by atoms with van der Waals surface area (Å²) in [4.78, 5) is 21.3. The van der Waals surface area contributed by atoms with Crippen LogP contribution in [0.4, 0.5) is 0 Å². The number of benzene rings is 1. The number of nitrogens with zero attached hydrogens (tertiary/aromatic N) is 2. The quantitative estimate of drug-likeness (QED) is 0.890. The van der Waals surface area contributed by atoms with E-state index >= 15 is 0 Å². The lowest BCUT2D eigenvalue weighted by atomic mass is 10.1. The van der Waals surface area contributed by atoms with Crippen molar-refractivity contribution in [3.8, 4) is 5.75 Å². The summed E-state index contributed by atoms with van der Waals surface area (Å²) in [6.07, 6.45) is 0.747. The molecule has 21 heavy (non-hydrogen) atoms. The molecule has 0 fully saturated rings. The highest BCUT2D eigenvalue weighted by atomic mass is 35.5. The van der Waals surface area contributed by atoms with Gasteiger partial charge in [-0.05, 0) is 18.6 Å². The maximum atomic E-state index is 12.0. The van der Waals surface area contributed by atoms with E-state index in [1.165, 1.54) is 0 Å². The smallest absolute Gasteiger partial charge is 0.255 e. The van der Waals surface area contributed by atoms with E-state index in [9.17, 15) is 9.90 Å². The lowest BCUT2D eigenvalue weighted by molar-refractivity contribution is 0.241. The van der Waals surface area contributed by atoms with Gasteiger partial charge in [-0.3, -0.25) is 9.69 Å². The van der Waals surface area contributed by atoms with Crippen molar-refractivity contribution in [1.29, 1.82) is 0 Å². The number of hydrogen-bond donors (Lipinski definition) is 2. The van der Waals surface area contributed by atoms with Crippen LogP contribution < -0.4 is 5.56 Å². The predicted molar refractivity (Wildman–Crippen MR) is 80.5 cm³/mol. The van der Waals surface area contributed by atoms with Gasteiger partial charge in [-0.2, -0.15) is 0 Å². The van der Waals surface area contributed by atoms with Gasteiger partial charge < -0.3 is 10.1 Å². The van der Waals surface area contributed by atoms with Crippen molar-refractivity contribution >= 4 is 11.6 Å². The number of halogens is 1. The molecule has 1 aliphatic rings. The van der Waals surface area contributed by atoms with Gasteiger partial charge in [0.15, 0.2) is 0 Å². The van der Waals surface area contributed by atoms with Crippen LogP contribution in [0, 0.1) is 6.92 Å². The van der Waals surface area contributed by atoms with Gasteiger partial charge in [0.1, 0.15) is 11.6 Å². The Labute approximate surface area is 127 Å². The molecule has 6 heteroatoms.